The van der Waals surface area contributed by atoms with Crippen LogP contribution in [0.1, 0.15) is 0 Å². The first kappa shape index (κ1) is 25.9. The maximum Gasteiger partial charge on any atom is 0.167 e. The van der Waals surface area contributed by atoms with E-state index in [-0.39, 0.29) is 0 Å². The molecule has 0 saturated carbocycles. The van der Waals surface area contributed by atoms with E-state index in [1.807, 2.05) is 24.3 Å². The Morgan fingerprint density at radius 1 is 0.362 bits per heavy atom. The van der Waals surface area contributed by atoms with Crippen molar-refractivity contribution in [1.29, 1.82) is 0 Å². The molecule has 4 nitrogen and oxygen atoms in total. The second-order valence-corrected chi connectivity index (χ2v) is 12.0. The molecular weight excluding hydrogens is 574 g/mol. The molecule has 218 valence electrons. The van der Waals surface area contributed by atoms with Crippen LogP contribution in [0, 0.1) is 0 Å². The summed E-state index contributed by atoms with van der Waals surface area (Å²) in [4.78, 5) is 15.5. The molecule has 0 N–H and O–H groups in total. The summed E-state index contributed by atoms with van der Waals surface area (Å²) in [5.74, 6) is 1.81. The topological polar surface area (TPSA) is 51.8 Å². The van der Waals surface area contributed by atoms with Crippen molar-refractivity contribution in [2.75, 3.05) is 0 Å². The number of hydrogen-bond donors (Lipinski definition) is 0. The Labute approximate surface area is 269 Å². The molecule has 0 fully saturated rings. The Kier molecular flexibility index (Phi) is 5.54. The van der Waals surface area contributed by atoms with E-state index < -0.39 is 0 Å². The standard InChI is InChI=1S/C43H25N3O/c1-2-11-29-25-30(20-19-26(29)9-1)41-44-42(46-43(45-41)37-17-8-15-35-33-14-5-6-18-38(33)47-40(35)37)36-16-7-12-28-22-23-32-31-13-4-3-10-27(31)21-24-34(32)39(28)36/h1-25H. The van der Waals surface area contributed by atoms with Crippen LogP contribution >= 0.6 is 0 Å². The molecule has 10 aromatic rings. The highest BCUT2D eigenvalue weighted by Gasteiger charge is 2.19. The highest BCUT2D eigenvalue weighted by atomic mass is 16.3. The fraction of sp³-hybridized carbons (Fsp3) is 0. The van der Waals surface area contributed by atoms with E-state index in [1.54, 1.807) is 0 Å². The maximum atomic E-state index is 6.46. The van der Waals surface area contributed by atoms with Crippen LogP contribution in [-0.4, -0.2) is 15.0 Å². The molecule has 0 unspecified atom stereocenters. The summed E-state index contributed by atoms with van der Waals surface area (Å²) in [6.45, 7) is 0. The van der Waals surface area contributed by atoms with Crippen LogP contribution in [0.15, 0.2) is 156 Å². The number of furan rings is 1. The molecule has 47 heavy (non-hydrogen) atoms. The smallest absolute Gasteiger partial charge is 0.167 e. The molecule has 0 saturated heterocycles. The van der Waals surface area contributed by atoms with Gasteiger partial charge in [-0.05, 0) is 55.9 Å². The number of hydrogen-bond acceptors (Lipinski definition) is 4. The third kappa shape index (κ3) is 4.05. The molecule has 2 aromatic heterocycles. The van der Waals surface area contributed by atoms with Crippen LogP contribution in [0.2, 0.25) is 0 Å². The van der Waals surface area contributed by atoms with E-state index in [1.165, 1.54) is 26.9 Å². The first-order valence-electron chi connectivity index (χ1n) is 15.8. The lowest BCUT2D eigenvalue weighted by Gasteiger charge is -2.13. The van der Waals surface area contributed by atoms with Gasteiger partial charge < -0.3 is 4.42 Å². The molecule has 0 bridgehead atoms. The van der Waals surface area contributed by atoms with E-state index in [0.717, 1.165) is 54.8 Å². The van der Waals surface area contributed by atoms with E-state index >= 15 is 0 Å². The Morgan fingerprint density at radius 2 is 0.979 bits per heavy atom. The Balaban J connectivity index is 1.28. The van der Waals surface area contributed by atoms with Gasteiger partial charge in [-0.1, -0.05) is 133 Å². The van der Waals surface area contributed by atoms with Crippen molar-refractivity contribution >= 4 is 65.0 Å². The van der Waals surface area contributed by atoms with Crippen LogP contribution in [0.4, 0.5) is 0 Å². The molecule has 0 aliphatic carbocycles. The van der Waals surface area contributed by atoms with Gasteiger partial charge in [0.2, 0.25) is 0 Å². The van der Waals surface area contributed by atoms with Crippen molar-refractivity contribution in [2.24, 2.45) is 0 Å². The average Bonchev–Trinajstić information content (AvgIpc) is 3.53. The van der Waals surface area contributed by atoms with Crippen molar-refractivity contribution in [3.8, 4) is 34.2 Å². The van der Waals surface area contributed by atoms with E-state index in [4.69, 9.17) is 19.4 Å². The number of aromatic nitrogens is 3. The Hall–Kier alpha value is -6.39. The summed E-state index contributed by atoms with van der Waals surface area (Å²) in [6.07, 6.45) is 0. The third-order valence-electron chi connectivity index (χ3n) is 9.30. The predicted octanol–water partition coefficient (Wildman–Crippen LogP) is 11.4. The summed E-state index contributed by atoms with van der Waals surface area (Å²) in [7, 11) is 0. The second-order valence-electron chi connectivity index (χ2n) is 12.0. The predicted molar refractivity (Wildman–Crippen MR) is 193 cm³/mol. The Bertz CT molecular complexity index is 2870. The van der Waals surface area contributed by atoms with Crippen molar-refractivity contribution in [1.82, 2.24) is 15.0 Å². The molecule has 0 aliphatic rings. The van der Waals surface area contributed by atoms with Gasteiger partial charge >= 0.3 is 0 Å². The second kappa shape index (κ2) is 10.1. The first-order chi connectivity index (χ1) is 23.3. The number of benzene rings is 8. The van der Waals surface area contributed by atoms with Crippen LogP contribution in [0.5, 0.6) is 0 Å². The van der Waals surface area contributed by atoms with Crippen LogP contribution in [-0.2, 0) is 0 Å². The van der Waals surface area contributed by atoms with Crippen LogP contribution in [0.25, 0.3) is 99.2 Å². The summed E-state index contributed by atoms with van der Waals surface area (Å²) in [5.41, 5.74) is 4.34. The number of nitrogens with zero attached hydrogens (tertiary/aromatic N) is 3. The van der Waals surface area contributed by atoms with Crippen molar-refractivity contribution in [2.45, 2.75) is 0 Å². The normalized spacial score (nSPS) is 11.8. The molecule has 2 heterocycles. The monoisotopic (exact) mass is 599 g/mol. The zero-order valence-corrected chi connectivity index (χ0v) is 25.2. The van der Waals surface area contributed by atoms with Crippen molar-refractivity contribution in [3.05, 3.63) is 152 Å². The molecule has 10 rings (SSSR count). The fourth-order valence-corrected chi connectivity index (χ4v) is 7.06. The Morgan fingerprint density at radius 3 is 1.89 bits per heavy atom. The lowest BCUT2D eigenvalue weighted by Crippen LogP contribution is -2.01. The summed E-state index contributed by atoms with van der Waals surface area (Å²) in [6, 6.07) is 52.8. The minimum Gasteiger partial charge on any atom is -0.455 e. The highest BCUT2D eigenvalue weighted by molar-refractivity contribution is 6.20. The van der Waals surface area contributed by atoms with E-state index in [0.29, 0.717) is 17.5 Å². The van der Waals surface area contributed by atoms with Gasteiger partial charge in [0.15, 0.2) is 17.5 Å². The SMILES string of the molecule is c1ccc2cc(-c3nc(-c4cccc5c4oc4ccccc45)nc(-c4cccc5ccc6c7ccccc7ccc6c45)n3)ccc2c1. The molecule has 0 spiro atoms. The van der Waals surface area contributed by atoms with Gasteiger partial charge in [-0.15, -0.1) is 0 Å². The zero-order valence-electron chi connectivity index (χ0n) is 25.2. The van der Waals surface area contributed by atoms with Gasteiger partial charge in [-0.3, -0.25) is 0 Å². The van der Waals surface area contributed by atoms with Gasteiger partial charge in [0, 0.05) is 27.3 Å². The third-order valence-corrected chi connectivity index (χ3v) is 9.30. The molecule has 0 amide bonds. The van der Waals surface area contributed by atoms with Gasteiger partial charge in [-0.25, -0.2) is 15.0 Å². The fourth-order valence-electron chi connectivity index (χ4n) is 7.06. The van der Waals surface area contributed by atoms with Gasteiger partial charge in [0.05, 0.1) is 5.56 Å². The molecule has 8 aromatic carbocycles. The first-order valence-corrected chi connectivity index (χ1v) is 15.8. The molecular formula is C43H25N3O. The lowest BCUT2D eigenvalue weighted by atomic mass is 9.94. The summed E-state index contributed by atoms with van der Waals surface area (Å²) in [5, 5.41) is 11.5. The summed E-state index contributed by atoms with van der Waals surface area (Å²) >= 11 is 0. The molecule has 4 heteroatoms. The largest absolute Gasteiger partial charge is 0.455 e. The van der Waals surface area contributed by atoms with Crippen LogP contribution < -0.4 is 0 Å². The minimum atomic E-state index is 0.575. The van der Waals surface area contributed by atoms with Crippen molar-refractivity contribution < 1.29 is 4.42 Å². The van der Waals surface area contributed by atoms with Gasteiger partial charge in [-0.2, -0.15) is 0 Å². The summed E-state index contributed by atoms with van der Waals surface area (Å²) < 4.78 is 6.46. The number of para-hydroxylation sites is 2. The maximum absolute atomic E-state index is 6.46. The highest BCUT2D eigenvalue weighted by Crippen LogP contribution is 2.39. The lowest BCUT2D eigenvalue weighted by molar-refractivity contribution is 0.669. The number of rotatable bonds is 3. The molecule has 0 radical (unpaired) electrons. The molecule has 0 aliphatic heterocycles. The van der Waals surface area contributed by atoms with Gasteiger partial charge in [0.1, 0.15) is 11.2 Å². The minimum absolute atomic E-state index is 0.575. The zero-order chi connectivity index (χ0) is 30.9. The van der Waals surface area contributed by atoms with Crippen molar-refractivity contribution in [3.63, 3.8) is 0 Å². The average molecular weight is 600 g/mol. The van der Waals surface area contributed by atoms with Crippen LogP contribution in [0.3, 0.4) is 0 Å². The molecule has 0 atom stereocenters. The van der Waals surface area contributed by atoms with E-state index in [9.17, 15) is 0 Å². The van der Waals surface area contributed by atoms with Gasteiger partial charge in [0.25, 0.3) is 0 Å². The van der Waals surface area contributed by atoms with E-state index in [2.05, 4.69) is 127 Å². The quantitative estimate of drug-likeness (QED) is 0.190. The number of fused-ring (bicyclic) bond motifs is 9.